The van der Waals surface area contributed by atoms with E-state index in [2.05, 4.69) is 21.0 Å². The van der Waals surface area contributed by atoms with E-state index in [1.54, 1.807) is 20.1 Å². The van der Waals surface area contributed by atoms with Crippen LogP contribution in [0.2, 0.25) is 5.02 Å². The van der Waals surface area contributed by atoms with Crippen molar-refractivity contribution in [2.75, 3.05) is 19.0 Å². The van der Waals surface area contributed by atoms with Gasteiger partial charge in [0.15, 0.2) is 0 Å². The van der Waals surface area contributed by atoms with Crippen molar-refractivity contribution in [3.63, 3.8) is 0 Å². The SMILES string of the molecule is COc1nc(-c2cccc(-c3cc(F)cc(NC(=O)c4ccnn(C)c4=O)c3C)c2Cl)cc2c1C(NCC1CCC(=O)N1)CC2. The van der Waals surface area contributed by atoms with Gasteiger partial charge in [-0.15, -0.1) is 0 Å². The van der Waals surface area contributed by atoms with Crippen LogP contribution in [-0.2, 0) is 18.3 Å². The lowest BCUT2D eigenvalue weighted by Gasteiger charge is -2.20. The number of hydrogen-bond acceptors (Lipinski definition) is 7. The van der Waals surface area contributed by atoms with Crippen LogP contribution in [0.25, 0.3) is 22.4 Å². The Kier molecular flexibility index (Phi) is 8.39. The number of nitrogens with zero attached hydrogens (tertiary/aromatic N) is 3. The molecule has 2 atom stereocenters. The molecule has 4 aromatic rings. The van der Waals surface area contributed by atoms with Gasteiger partial charge >= 0.3 is 0 Å². The number of ether oxygens (including phenoxy) is 1. The van der Waals surface area contributed by atoms with E-state index >= 15 is 0 Å². The molecule has 2 aliphatic rings. The number of pyridine rings is 1. The van der Waals surface area contributed by atoms with Gasteiger partial charge in [-0.3, -0.25) is 14.4 Å². The summed E-state index contributed by atoms with van der Waals surface area (Å²) in [5.41, 5.74) is 4.51. The van der Waals surface area contributed by atoms with E-state index in [0.717, 1.165) is 35.1 Å². The van der Waals surface area contributed by atoms with Gasteiger partial charge < -0.3 is 20.7 Å². The number of nitrogens with one attached hydrogen (secondary N) is 3. The molecule has 2 amide bonds. The number of anilines is 1. The quantitative estimate of drug-likeness (QED) is 0.257. The highest BCUT2D eigenvalue weighted by molar-refractivity contribution is 6.36. The first-order chi connectivity index (χ1) is 21.6. The summed E-state index contributed by atoms with van der Waals surface area (Å²) in [5, 5.41) is 13.4. The summed E-state index contributed by atoms with van der Waals surface area (Å²) in [6.45, 7) is 2.42. The summed E-state index contributed by atoms with van der Waals surface area (Å²) in [4.78, 5) is 41.8. The molecular weight excluding hydrogens is 599 g/mol. The van der Waals surface area contributed by atoms with E-state index in [1.807, 2.05) is 18.2 Å². The highest BCUT2D eigenvalue weighted by atomic mass is 35.5. The molecule has 6 rings (SSSR count). The normalized spacial score (nSPS) is 17.2. The summed E-state index contributed by atoms with van der Waals surface area (Å²) in [6, 6.07) is 11.5. The van der Waals surface area contributed by atoms with Crippen LogP contribution in [0.5, 0.6) is 5.88 Å². The van der Waals surface area contributed by atoms with Gasteiger partial charge in [0, 0.05) is 60.7 Å². The maximum Gasteiger partial charge on any atom is 0.279 e. The van der Waals surface area contributed by atoms with Gasteiger partial charge in [0.05, 0.1) is 17.8 Å². The largest absolute Gasteiger partial charge is 0.481 e. The third kappa shape index (κ3) is 5.93. The van der Waals surface area contributed by atoms with Crippen molar-refractivity contribution in [3.05, 3.63) is 92.1 Å². The van der Waals surface area contributed by atoms with Crippen molar-refractivity contribution >= 4 is 29.1 Å². The molecule has 0 spiro atoms. The number of benzene rings is 2. The van der Waals surface area contributed by atoms with Crippen molar-refractivity contribution in [3.8, 4) is 28.3 Å². The number of methoxy groups -OCH3 is 1. The number of hydrogen-bond donors (Lipinski definition) is 3. The Hall–Kier alpha value is -4.61. The first-order valence-electron chi connectivity index (χ1n) is 14.7. The van der Waals surface area contributed by atoms with E-state index in [9.17, 15) is 18.8 Å². The molecule has 2 aromatic carbocycles. The highest BCUT2D eigenvalue weighted by Gasteiger charge is 2.30. The Labute approximate surface area is 264 Å². The average Bonchev–Trinajstić information content (AvgIpc) is 3.64. The Morgan fingerprint density at radius 1 is 1.13 bits per heavy atom. The zero-order valence-corrected chi connectivity index (χ0v) is 25.8. The highest BCUT2D eigenvalue weighted by Crippen LogP contribution is 2.43. The monoisotopic (exact) mass is 630 g/mol. The molecule has 1 aliphatic carbocycles. The molecule has 3 heterocycles. The summed E-state index contributed by atoms with van der Waals surface area (Å²) >= 11 is 7.02. The number of carbonyl (C=O) groups is 2. The zero-order valence-electron chi connectivity index (χ0n) is 25.0. The van der Waals surface area contributed by atoms with Gasteiger partial charge in [0.2, 0.25) is 11.8 Å². The summed E-state index contributed by atoms with van der Waals surface area (Å²) < 4.78 is 21.8. The molecule has 45 heavy (non-hydrogen) atoms. The second-order valence-corrected chi connectivity index (χ2v) is 11.7. The molecule has 1 aliphatic heterocycles. The van der Waals surface area contributed by atoms with Gasteiger partial charge in [0.25, 0.3) is 11.5 Å². The first-order valence-corrected chi connectivity index (χ1v) is 15.1. The van der Waals surface area contributed by atoms with Crippen molar-refractivity contribution in [2.24, 2.45) is 7.05 Å². The van der Waals surface area contributed by atoms with E-state index in [-0.39, 0.29) is 29.2 Å². The summed E-state index contributed by atoms with van der Waals surface area (Å²) in [7, 11) is 3.03. The fourth-order valence-corrected chi connectivity index (χ4v) is 6.44. The zero-order chi connectivity index (χ0) is 31.8. The molecule has 232 valence electrons. The van der Waals surface area contributed by atoms with Crippen LogP contribution >= 0.6 is 11.6 Å². The Bertz CT molecular complexity index is 1890. The van der Waals surface area contributed by atoms with E-state index in [4.69, 9.17) is 21.3 Å². The number of amides is 2. The van der Waals surface area contributed by atoms with Crippen LogP contribution in [0.1, 0.15) is 52.4 Å². The molecule has 0 bridgehead atoms. The average molecular weight is 631 g/mol. The topological polar surface area (TPSA) is 127 Å². The van der Waals surface area contributed by atoms with E-state index in [0.29, 0.717) is 51.8 Å². The van der Waals surface area contributed by atoms with E-state index < -0.39 is 17.3 Å². The number of aromatic nitrogens is 3. The van der Waals surface area contributed by atoms with Crippen LogP contribution in [-0.4, -0.2) is 46.3 Å². The molecule has 3 N–H and O–H groups in total. The van der Waals surface area contributed by atoms with Gasteiger partial charge in [-0.1, -0.05) is 29.8 Å². The molecule has 10 nitrogen and oxygen atoms in total. The second-order valence-electron chi connectivity index (χ2n) is 11.3. The van der Waals surface area contributed by atoms with Crippen molar-refractivity contribution in [2.45, 2.75) is 44.7 Å². The van der Waals surface area contributed by atoms with Crippen LogP contribution in [0.4, 0.5) is 10.1 Å². The van der Waals surface area contributed by atoms with Crippen LogP contribution in [0, 0.1) is 12.7 Å². The van der Waals surface area contributed by atoms with Gasteiger partial charge in [-0.25, -0.2) is 14.1 Å². The summed E-state index contributed by atoms with van der Waals surface area (Å²) in [6.07, 6.45) is 4.41. The molecule has 0 saturated carbocycles. The molecule has 0 radical (unpaired) electrons. The van der Waals surface area contributed by atoms with Crippen LogP contribution in [0.3, 0.4) is 0 Å². The fraction of sp³-hybridized carbons (Fsp3) is 0.303. The van der Waals surface area contributed by atoms with Gasteiger partial charge in [-0.2, -0.15) is 5.10 Å². The van der Waals surface area contributed by atoms with Crippen molar-refractivity contribution in [1.82, 2.24) is 25.4 Å². The predicted octanol–water partition coefficient (Wildman–Crippen LogP) is 4.73. The summed E-state index contributed by atoms with van der Waals surface area (Å²) in [5.74, 6) is -0.664. The number of fused-ring (bicyclic) bond motifs is 1. The lowest BCUT2D eigenvalue weighted by atomic mass is 9.95. The Morgan fingerprint density at radius 2 is 1.93 bits per heavy atom. The smallest absolute Gasteiger partial charge is 0.279 e. The molecule has 12 heteroatoms. The first kappa shape index (κ1) is 30.4. The van der Waals surface area contributed by atoms with Gasteiger partial charge in [-0.05, 0) is 67.1 Å². The van der Waals surface area contributed by atoms with Crippen LogP contribution < -0.4 is 26.2 Å². The van der Waals surface area contributed by atoms with Gasteiger partial charge in [0.1, 0.15) is 11.4 Å². The number of halogens is 2. The minimum Gasteiger partial charge on any atom is -0.481 e. The lowest BCUT2D eigenvalue weighted by molar-refractivity contribution is -0.119. The molecule has 1 saturated heterocycles. The Balaban J connectivity index is 1.31. The second kappa shape index (κ2) is 12.4. The van der Waals surface area contributed by atoms with E-state index in [1.165, 1.54) is 31.4 Å². The minimum atomic E-state index is -0.673. The van der Waals surface area contributed by atoms with Crippen LogP contribution in [0.15, 0.2) is 53.5 Å². The van der Waals surface area contributed by atoms with Crippen molar-refractivity contribution in [1.29, 1.82) is 0 Å². The standard InChI is InChI=1S/C33H32ClFN6O4/c1-17-24(14-19(35)15-26(17)39-31(43)23-11-12-37-41(2)33(23)44)21-5-4-6-22(30(21)34)27-13-18-7-9-25(29(18)32(40-27)45-3)36-16-20-8-10-28(42)38-20/h4-6,11-15,20,25,36H,7-10,16H2,1-3H3,(H,38,42)(H,39,43). The molecule has 2 unspecified atom stereocenters. The predicted molar refractivity (Wildman–Crippen MR) is 169 cm³/mol. The third-order valence-corrected chi connectivity index (χ3v) is 8.89. The molecule has 1 fully saturated rings. The van der Waals surface area contributed by atoms with Crippen molar-refractivity contribution < 1.29 is 18.7 Å². The number of rotatable bonds is 8. The molecular formula is C33H32ClFN6O4. The lowest BCUT2D eigenvalue weighted by Crippen LogP contribution is -2.36. The number of aryl methyl sites for hydroxylation is 2. The fourth-order valence-electron chi connectivity index (χ4n) is 6.11. The number of carbonyl (C=O) groups excluding carboxylic acids is 2. The maximum atomic E-state index is 15.0. The molecule has 2 aromatic heterocycles. The third-order valence-electron chi connectivity index (χ3n) is 8.48. The maximum absolute atomic E-state index is 15.0. The minimum absolute atomic E-state index is 0.0479. The Morgan fingerprint density at radius 3 is 2.69 bits per heavy atom.